The summed E-state index contributed by atoms with van der Waals surface area (Å²) in [5.74, 6) is -0.467. The Morgan fingerprint density at radius 1 is 1.64 bits per heavy atom. The van der Waals surface area contributed by atoms with Crippen molar-refractivity contribution in [3.8, 4) is 0 Å². The molecule has 2 fully saturated rings. The van der Waals surface area contributed by atoms with E-state index in [2.05, 4.69) is 0 Å². The fourth-order valence-electron chi connectivity index (χ4n) is 1.76. The van der Waals surface area contributed by atoms with E-state index in [1.54, 1.807) is 0 Å². The number of carbonyl (C=O) groups is 1. The highest BCUT2D eigenvalue weighted by atomic mass is 16.7. The molecule has 0 aromatic heterocycles. The molecule has 2 rings (SSSR count). The monoisotopic (exact) mass is 203 g/mol. The van der Waals surface area contributed by atoms with E-state index in [1.807, 2.05) is 0 Å². The maximum Gasteiger partial charge on any atom is 0.303 e. The van der Waals surface area contributed by atoms with Crippen LogP contribution in [0.4, 0.5) is 0 Å². The Bertz CT molecular complexity index is 230. The summed E-state index contributed by atoms with van der Waals surface area (Å²) in [4.78, 5) is 10.8. The molecule has 0 saturated carbocycles. The standard InChI is InChI=1S/C8H13NO5/c1-3(10)13-7-5(9)8-12-2-4(14-8)6(7)11/h4-8,11H,2,9H2,1H3/t4-,5+,6-,7?,8?/m1/s1. The summed E-state index contributed by atoms with van der Waals surface area (Å²) in [5.41, 5.74) is 5.71. The van der Waals surface area contributed by atoms with Gasteiger partial charge in [0, 0.05) is 6.92 Å². The molecule has 0 aromatic carbocycles. The second-order valence-corrected chi connectivity index (χ2v) is 3.52. The molecule has 0 amide bonds. The van der Waals surface area contributed by atoms with Crippen molar-refractivity contribution in [2.45, 2.75) is 37.6 Å². The summed E-state index contributed by atoms with van der Waals surface area (Å²) in [5, 5.41) is 9.71. The van der Waals surface area contributed by atoms with E-state index in [9.17, 15) is 9.90 Å². The Balaban J connectivity index is 2.10. The number of hydrogen-bond donors (Lipinski definition) is 2. The molecule has 0 aromatic rings. The van der Waals surface area contributed by atoms with Crippen LogP contribution in [-0.4, -0.2) is 48.3 Å². The summed E-state index contributed by atoms with van der Waals surface area (Å²) in [6.07, 6.45) is -2.66. The minimum atomic E-state index is -0.910. The summed E-state index contributed by atoms with van der Waals surface area (Å²) < 4.78 is 15.3. The first-order chi connectivity index (χ1) is 6.59. The highest BCUT2D eigenvalue weighted by molar-refractivity contribution is 5.66. The van der Waals surface area contributed by atoms with Gasteiger partial charge in [-0.1, -0.05) is 0 Å². The lowest BCUT2D eigenvalue weighted by atomic mass is 9.99. The van der Waals surface area contributed by atoms with E-state index in [1.165, 1.54) is 6.92 Å². The van der Waals surface area contributed by atoms with Crippen LogP contribution in [0.15, 0.2) is 0 Å². The minimum Gasteiger partial charge on any atom is -0.458 e. The average molecular weight is 203 g/mol. The lowest BCUT2D eigenvalue weighted by Crippen LogP contribution is -2.59. The molecular weight excluding hydrogens is 190 g/mol. The largest absolute Gasteiger partial charge is 0.458 e. The predicted octanol–water partition coefficient (Wildman–Crippen LogP) is -1.64. The zero-order valence-corrected chi connectivity index (χ0v) is 7.75. The third kappa shape index (κ3) is 1.50. The molecule has 2 saturated heterocycles. The van der Waals surface area contributed by atoms with Crippen molar-refractivity contribution < 1.29 is 24.1 Å². The molecule has 6 nitrogen and oxygen atoms in total. The first-order valence-corrected chi connectivity index (χ1v) is 4.47. The number of ether oxygens (including phenoxy) is 3. The summed E-state index contributed by atoms with van der Waals surface area (Å²) >= 11 is 0. The number of carbonyl (C=O) groups excluding carboxylic acids is 1. The van der Waals surface area contributed by atoms with Crippen LogP contribution in [0.3, 0.4) is 0 Å². The Kier molecular flexibility index (Phi) is 2.44. The Hall–Kier alpha value is -0.690. The third-order valence-corrected chi connectivity index (χ3v) is 2.45. The first-order valence-electron chi connectivity index (χ1n) is 4.47. The zero-order chi connectivity index (χ0) is 10.3. The highest BCUT2D eigenvalue weighted by Crippen LogP contribution is 2.28. The smallest absolute Gasteiger partial charge is 0.303 e. The fraction of sp³-hybridized carbons (Fsp3) is 0.875. The van der Waals surface area contributed by atoms with Crippen LogP contribution in [0, 0.1) is 0 Å². The van der Waals surface area contributed by atoms with Gasteiger partial charge in [-0.25, -0.2) is 0 Å². The molecule has 5 atom stereocenters. The van der Waals surface area contributed by atoms with Gasteiger partial charge in [0.2, 0.25) is 0 Å². The van der Waals surface area contributed by atoms with Gasteiger partial charge in [-0.15, -0.1) is 0 Å². The van der Waals surface area contributed by atoms with E-state index in [0.29, 0.717) is 0 Å². The van der Waals surface area contributed by atoms with Gasteiger partial charge in [0.1, 0.15) is 12.2 Å². The summed E-state index contributed by atoms with van der Waals surface area (Å²) in [6.45, 7) is 1.56. The Morgan fingerprint density at radius 2 is 2.36 bits per heavy atom. The Morgan fingerprint density at radius 3 is 3.00 bits per heavy atom. The zero-order valence-electron chi connectivity index (χ0n) is 7.75. The van der Waals surface area contributed by atoms with Gasteiger partial charge in [0.05, 0.1) is 12.6 Å². The van der Waals surface area contributed by atoms with Gasteiger partial charge < -0.3 is 25.1 Å². The molecule has 2 aliphatic rings. The molecule has 0 radical (unpaired) electrons. The van der Waals surface area contributed by atoms with Crippen LogP contribution < -0.4 is 5.73 Å². The van der Waals surface area contributed by atoms with Gasteiger partial charge >= 0.3 is 5.97 Å². The van der Waals surface area contributed by atoms with E-state index >= 15 is 0 Å². The normalized spacial score (nSPS) is 46.4. The molecule has 6 heteroatoms. The van der Waals surface area contributed by atoms with E-state index in [-0.39, 0.29) is 6.61 Å². The molecule has 2 aliphatic heterocycles. The van der Waals surface area contributed by atoms with Crippen LogP contribution in [0.5, 0.6) is 0 Å². The van der Waals surface area contributed by atoms with Crippen molar-refractivity contribution in [2.24, 2.45) is 5.73 Å². The number of esters is 1. The van der Waals surface area contributed by atoms with Gasteiger partial charge in [-0.05, 0) is 0 Å². The van der Waals surface area contributed by atoms with Crippen LogP contribution in [0.2, 0.25) is 0 Å². The van der Waals surface area contributed by atoms with Crippen molar-refractivity contribution in [3.63, 3.8) is 0 Å². The molecule has 80 valence electrons. The average Bonchev–Trinajstić information content (AvgIpc) is 2.55. The van der Waals surface area contributed by atoms with Gasteiger partial charge in [0.25, 0.3) is 0 Å². The topological polar surface area (TPSA) is 91.0 Å². The maximum absolute atomic E-state index is 10.8. The van der Waals surface area contributed by atoms with Crippen molar-refractivity contribution >= 4 is 5.97 Å². The van der Waals surface area contributed by atoms with Gasteiger partial charge in [0.15, 0.2) is 12.4 Å². The molecule has 2 heterocycles. The van der Waals surface area contributed by atoms with Crippen LogP contribution >= 0.6 is 0 Å². The molecular formula is C8H13NO5. The number of fused-ring (bicyclic) bond motifs is 2. The van der Waals surface area contributed by atoms with Crippen molar-refractivity contribution in [1.82, 2.24) is 0 Å². The number of aliphatic hydroxyl groups excluding tert-OH is 1. The van der Waals surface area contributed by atoms with Crippen LogP contribution in [0.25, 0.3) is 0 Å². The maximum atomic E-state index is 10.8. The molecule has 0 spiro atoms. The lowest BCUT2D eigenvalue weighted by Gasteiger charge is -2.35. The first kappa shape index (κ1) is 9.85. The van der Waals surface area contributed by atoms with E-state index in [4.69, 9.17) is 19.9 Å². The molecule has 2 bridgehead atoms. The second kappa shape index (κ2) is 3.47. The van der Waals surface area contributed by atoms with Crippen molar-refractivity contribution in [1.29, 1.82) is 0 Å². The lowest BCUT2D eigenvalue weighted by molar-refractivity contribution is -0.197. The third-order valence-electron chi connectivity index (χ3n) is 2.45. The van der Waals surface area contributed by atoms with Gasteiger partial charge in [-0.2, -0.15) is 0 Å². The van der Waals surface area contributed by atoms with Crippen LogP contribution in [-0.2, 0) is 19.0 Å². The number of aliphatic hydroxyl groups is 1. The molecule has 14 heavy (non-hydrogen) atoms. The molecule has 3 N–H and O–H groups in total. The highest BCUT2D eigenvalue weighted by Gasteiger charge is 2.50. The fourth-order valence-corrected chi connectivity index (χ4v) is 1.76. The number of hydrogen-bond acceptors (Lipinski definition) is 6. The summed E-state index contributed by atoms with van der Waals surface area (Å²) in [6, 6.07) is -0.632. The van der Waals surface area contributed by atoms with E-state index < -0.39 is 36.6 Å². The minimum absolute atomic E-state index is 0.289. The number of rotatable bonds is 1. The second-order valence-electron chi connectivity index (χ2n) is 3.52. The van der Waals surface area contributed by atoms with Crippen molar-refractivity contribution in [2.75, 3.05) is 6.61 Å². The van der Waals surface area contributed by atoms with Crippen molar-refractivity contribution in [3.05, 3.63) is 0 Å². The number of nitrogens with two attached hydrogens (primary N) is 1. The molecule has 0 aliphatic carbocycles. The predicted molar refractivity (Wildman–Crippen MR) is 44.1 cm³/mol. The molecule has 2 unspecified atom stereocenters. The summed E-state index contributed by atoms with van der Waals surface area (Å²) in [7, 11) is 0. The SMILES string of the molecule is CC(=O)OC1[C@H](N)C2OC[C@@H](O2)[C@H]1O. The van der Waals surface area contributed by atoms with Crippen LogP contribution in [0.1, 0.15) is 6.92 Å². The Labute approximate surface area is 80.9 Å². The van der Waals surface area contributed by atoms with Gasteiger partial charge in [-0.3, -0.25) is 4.79 Å². The van der Waals surface area contributed by atoms with E-state index in [0.717, 1.165) is 0 Å². The quantitative estimate of drug-likeness (QED) is 0.497.